The molecule has 29 heavy (non-hydrogen) atoms. The molecule has 1 saturated carbocycles. The molecule has 1 heterocycles. The van der Waals surface area contributed by atoms with Crippen LogP contribution in [0.15, 0.2) is 24.4 Å². The molecular weight excluding hydrogens is 412 g/mol. The number of hydrogen-bond acceptors (Lipinski definition) is 4. The van der Waals surface area contributed by atoms with Gasteiger partial charge in [-0.3, -0.25) is 4.79 Å². The molecule has 2 N–H and O–H groups in total. The van der Waals surface area contributed by atoms with Crippen molar-refractivity contribution in [3.05, 3.63) is 46.5 Å². The predicted molar refractivity (Wildman–Crippen MR) is 101 cm³/mol. The minimum absolute atomic E-state index is 0.0449. The number of hydrogen-bond donors (Lipinski definition) is 2. The van der Waals surface area contributed by atoms with E-state index in [1.807, 2.05) is 0 Å². The monoisotopic (exact) mass is 430 g/mol. The van der Waals surface area contributed by atoms with Crippen molar-refractivity contribution < 1.29 is 22.4 Å². The van der Waals surface area contributed by atoms with Crippen molar-refractivity contribution in [2.45, 2.75) is 38.3 Å². The standard InChI is InChI=1S/C19H19ClF4N4O/c20-14-8-12(21)6-7-15(14)27-18-26-10-13(16(28-18)19(22,23)24)17(29)25-9-11-4-2-1-3-5-11/h6-8,10-11H,1-5,9H2,(H,25,29)(H,26,27,28). The Bertz CT molecular complexity index is 885. The minimum atomic E-state index is -4.86. The lowest BCUT2D eigenvalue weighted by Crippen LogP contribution is -2.32. The molecule has 1 aliphatic carbocycles. The zero-order chi connectivity index (χ0) is 21.0. The molecule has 5 nitrogen and oxygen atoms in total. The van der Waals surface area contributed by atoms with Crippen LogP contribution in [0.5, 0.6) is 0 Å². The number of alkyl halides is 3. The second kappa shape index (κ2) is 8.94. The first-order chi connectivity index (χ1) is 13.7. The number of nitrogens with zero attached hydrogens (tertiary/aromatic N) is 2. The molecule has 1 aromatic carbocycles. The van der Waals surface area contributed by atoms with Gasteiger partial charge in [0.1, 0.15) is 5.82 Å². The Labute approximate surface area is 169 Å². The summed E-state index contributed by atoms with van der Waals surface area (Å²) in [5.74, 6) is -1.60. The van der Waals surface area contributed by atoms with Gasteiger partial charge >= 0.3 is 6.18 Å². The molecule has 0 unspecified atom stereocenters. The largest absolute Gasteiger partial charge is 0.434 e. The first-order valence-corrected chi connectivity index (χ1v) is 9.56. The van der Waals surface area contributed by atoms with Gasteiger partial charge in [0.2, 0.25) is 5.95 Å². The number of carbonyl (C=O) groups excluding carboxylic acids is 1. The number of rotatable bonds is 5. The zero-order valence-electron chi connectivity index (χ0n) is 15.3. The van der Waals surface area contributed by atoms with Crippen LogP contribution in [0, 0.1) is 11.7 Å². The number of benzene rings is 1. The summed E-state index contributed by atoms with van der Waals surface area (Å²) in [4.78, 5) is 19.6. The van der Waals surface area contributed by atoms with Gasteiger partial charge in [0, 0.05) is 12.7 Å². The van der Waals surface area contributed by atoms with Crippen LogP contribution in [0.1, 0.15) is 48.2 Å². The average Bonchev–Trinajstić information content (AvgIpc) is 2.68. The summed E-state index contributed by atoms with van der Waals surface area (Å²) in [5, 5.41) is 5.03. The van der Waals surface area contributed by atoms with E-state index in [-0.39, 0.29) is 16.6 Å². The van der Waals surface area contributed by atoms with Crippen molar-refractivity contribution in [2.75, 3.05) is 11.9 Å². The Kier molecular flexibility index (Phi) is 6.56. The maximum atomic E-state index is 13.5. The van der Waals surface area contributed by atoms with E-state index in [9.17, 15) is 22.4 Å². The van der Waals surface area contributed by atoms with Crippen LogP contribution in [0.2, 0.25) is 5.02 Å². The molecule has 10 heteroatoms. The van der Waals surface area contributed by atoms with Crippen molar-refractivity contribution in [3.8, 4) is 0 Å². The molecule has 0 radical (unpaired) electrons. The summed E-state index contributed by atoms with van der Waals surface area (Å²) in [6, 6.07) is 3.34. The van der Waals surface area contributed by atoms with Crippen molar-refractivity contribution in [2.24, 2.45) is 5.92 Å². The smallest absolute Gasteiger partial charge is 0.352 e. The van der Waals surface area contributed by atoms with Crippen molar-refractivity contribution in [1.29, 1.82) is 0 Å². The van der Waals surface area contributed by atoms with E-state index in [1.54, 1.807) is 0 Å². The molecule has 0 bridgehead atoms. The summed E-state index contributed by atoms with van der Waals surface area (Å²) in [6.07, 6.45) is 1.13. The van der Waals surface area contributed by atoms with Crippen LogP contribution in [0.4, 0.5) is 29.2 Å². The Hall–Kier alpha value is -2.42. The molecule has 0 aliphatic heterocycles. The third-order valence-corrected chi connectivity index (χ3v) is 5.07. The van der Waals surface area contributed by atoms with Gasteiger partial charge in [-0.2, -0.15) is 13.2 Å². The molecular formula is C19H19ClF4N4O. The Morgan fingerprint density at radius 1 is 1.21 bits per heavy atom. The van der Waals surface area contributed by atoms with Crippen LogP contribution >= 0.6 is 11.6 Å². The maximum absolute atomic E-state index is 13.5. The number of halogens is 5. The predicted octanol–water partition coefficient (Wildman–Crippen LogP) is 5.34. The Morgan fingerprint density at radius 3 is 2.59 bits per heavy atom. The van der Waals surface area contributed by atoms with E-state index in [0.717, 1.165) is 50.4 Å². The van der Waals surface area contributed by atoms with Crippen LogP contribution in [-0.2, 0) is 6.18 Å². The third-order valence-electron chi connectivity index (χ3n) is 4.76. The number of aromatic nitrogens is 2. The summed E-state index contributed by atoms with van der Waals surface area (Å²) in [6.45, 7) is 0.321. The number of anilines is 2. The van der Waals surface area contributed by atoms with Crippen molar-refractivity contribution in [3.63, 3.8) is 0 Å². The first-order valence-electron chi connectivity index (χ1n) is 9.18. The number of carbonyl (C=O) groups is 1. The summed E-state index contributed by atoms with van der Waals surface area (Å²) in [5.41, 5.74) is -1.87. The Balaban J connectivity index is 1.79. The zero-order valence-corrected chi connectivity index (χ0v) is 16.1. The molecule has 0 spiro atoms. The van der Waals surface area contributed by atoms with Crippen LogP contribution < -0.4 is 10.6 Å². The lowest BCUT2D eigenvalue weighted by molar-refractivity contribution is -0.141. The second-order valence-electron chi connectivity index (χ2n) is 6.92. The van der Waals surface area contributed by atoms with Crippen molar-refractivity contribution in [1.82, 2.24) is 15.3 Å². The molecule has 0 saturated heterocycles. The number of amides is 1. The lowest BCUT2D eigenvalue weighted by Gasteiger charge is -2.22. The van der Waals surface area contributed by atoms with Gasteiger partial charge in [-0.25, -0.2) is 14.4 Å². The van der Waals surface area contributed by atoms with E-state index in [2.05, 4.69) is 20.6 Å². The summed E-state index contributed by atoms with van der Waals surface area (Å²) >= 11 is 5.86. The van der Waals surface area contributed by atoms with Gasteiger partial charge in [-0.15, -0.1) is 0 Å². The molecule has 1 aromatic heterocycles. The minimum Gasteiger partial charge on any atom is -0.352 e. The van der Waals surface area contributed by atoms with Crippen LogP contribution in [-0.4, -0.2) is 22.4 Å². The second-order valence-corrected chi connectivity index (χ2v) is 7.32. The molecule has 1 amide bonds. The quantitative estimate of drug-likeness (QED) is 0.628. The fourth-order valence-electron chi connectivity index (χ4n) is 3.26. The van der Waals surface area contributed by atoms with Gasteiger partial charge in [0.25, 0.3) is 5.91 Å². The normalized spacial score (nSPS) is 15.2. The summed E-state index contributed by atoms with van der Waals surface area (Å²) < 4.78 is 53.6. The third kappa shape index (κ3) is 5.56. The van der Waals surface area contributed by atoms with Crippen molar-refractivity contribution >= 4 is 29.1 Å². The highest BCUT2D eigenvalue weighted by Gasteiger charge is 2.38. The first kappa shape index (κ1) is 21.3. The topological polar surface area (TPSA) is 66.9 Å². The molecule has 156 valence electrons. The SMILES string of the molecule is O=C(NCC1CCCCC1)c1cnc(Nc2ccc(F)cc2Cl)nc1C(F)(F)F. The van der Waals surface area contributed by atoms with Gasteiger partial charge in [0.15, 0.2) is 5.69 Å². The molecule has 1 aliphatic rings. The lowest BCUT2D eigenvalue weighted by atomic mass is 9.89. The fraction of sp³-hybridized carbons (Fsp3) is 0.421. The highest BCUT2D eigenvalue weighted by Crippen LogP contribution is 2.32. The average molecular weight is 431 g/mol. The molecule has 3 rings (SSSR count). The fourth-order valence-corrected chi connectivity index (χ4v) is 3.47. The van der Waals surface area contributed by atoms with Gasteiger partial charge < -0.3 is 10.6 Å². The summed E-state index contributed by atoms with van der Waals surface area (Å²) in [7, 11) is 0. The van der Waals surface area contributed by atoms with E-state index < -0.39 is 35.1 Å². The van der Waals surface area contributed by atoms with Gasteiger partial charge in [0.05, 0.1) is 16.3 Å². The van der Waals surface area contributed by atoms with Gasteiger partial charge in [-0.1, -0.05) is 30.9 Å². The van der Waals surface area contributed by atoms with E-state index in [0.29, 0.717) is 6.54 Å². The van der Waals surface area contributed by atoms with E-state index in [1.165, 1.54) is 6.07 Å². The number of nitrogens with one attached hydrogen (secondary N) is 2. The highest BCUT2D eigenvalue weighted by atomic mass is 35.5. The van der Waals surface area contributed by atoms with Gasteiger partial charge in [-0.05, 0) is 37.0 Å². The van der Waals surface area contributed by atoms with E-state index in [4.69, 9.17) is 11.6 Å². The van der Waals surface area contributed by atoms with Crippen LogP contribution in [0.3, 0.4) is 0 Å². The molecule has 2 aromatic rings. The highest BCUT2D eigenvalue weighted by molar-refractivity contribution is 6.33. The Morgan fingerprint density at radius 2 is 1.93 bits per heavy atom. The van der Waals surface area contributed by atoms with Crippen LogP contribution in [0.25, 0.3) is 0 Å². The van der Waals surface area contributed by atoms with E-state index >= 15 is 0 Å². The maximum Gasteiger partial charge on any atom is 0.434 e. The molecule has 1 fully saturated rings. The molecule has 0 atom stereocenters.